The molecule has 0 aliphatic carbocycles. The molecule has 0 aliphatic rings. The highest BCUT2D eigenvalue weighted by molar-refractivity contribution is 7.56. The Morgan fingerprint density at radius 1 is 0.843 bits per heavy atom. The summed E-state index contributed by atoms with van der Waals surface area (Å²) in [5.41, 5.74) is 13.0. The highest BCUT2D eigenvalue weighted by atomic mass is 31.2. The number of nitrogens with zero attached hydrogens (tertiary/aromatic N) is 8. The molecule has 370 valence electrons. The molecule has 0 amide bonds. The second-order valence-corrected chi connectivity index (χ2v) is 18.8. The molecule has 7 rings (SSSR count). The topological polar surface area (TPSA) is 358 Å². The molecule has 5 heterocycles. The van der Waals surface area contributed by atoms with Crippen LogP contribution in [0.2, 0.25) is 0 Å². The summed E-state index contributed by atoms with van der Waals surface area (Å²) in [6.45, 7) is 10.7. The average molecular weight is 1010 g/mol. The van der Waals surface area contributed by atoms with Gasteiger partial charge < -0.3 is 48.3 Å². The van der Waals surface area contributed by atoms with Gasteiger partial charge in [0, 0.05) is 13.1 Å². The number of aromatic nitrogens is 8. The summed E-state index contributed by atoms with van der Waals surface area (Å²) in [5.74, 6) is -1.03. The Balaban J connectivity index is 0.000000231. The van der Waals surface area contributed by atoms with Crippen molar-refractivity contribution in [2.45, 2.75) is 52.8 Å². The minimum atomic E-state index is -3.88. The maximum absolute atomic E-state index is 13.4. The standard InChI is InChI=1S/C21H20N7O8P.C20H27N6O6P/c1-23-15-4-2-14(3-5-15)10-34-37(32,35-11-16-6-7-17(36-16)28(30)31)13-33-9-8-27-12-24-18-19(27)25-21(22)26-20(18)29;1-3-31-19(28)14(2)25-33(29,32-11-15-7-5-4-6-8-15)13-30-10-9-26-12-22-16-17(26)23-20(21)24-18(16)27/h2-7,12H,8-11,13H2,(H3,22,25,26,29);4-8,12,14H,3,9-11,13H2,1-2H3,(H,25,29)(H3,21,23,24,27). The third kappa shape index (κ3) is 14.6. The number of fused-ring (bicyclic) bond motifs is 2. The Kier molecular flexibility index (Phi) is 18.0. The van der Waals surface area contributed by atoms with E-state index in [9.17, 15) is 33.6 Å². The van der Waals surface area contributed by atoms with Gasteiger partial charge in [-0.2, -0.15) is 9.97 Å². The summed E-state index contributed by atoms with van der Waals surface area (Å²) < 4.78 is 67.8. The second-order valence-electron chi connectivity index (χ2n) is 14.7. The first-order valence-corrected chi connectivity index (χ1v) is 24.5. The van der Waals surface area contributed by atoms with E-state index >= 15 is 0 Å². The van der Waals surface area contributed by atoms with E-state index in [1.165, 1.54) is 18.7 Å². The maximum Gasteiger partial charge on any atom is 0.433 e. The van der Waals surface area contributed by atoms with Gasteiger partial charge in [0.1, 0.15) is 36.0 Å². The number of nitrogens with one attached hydrogen (secondary N) is 3. The predicted octanol–water partition coefficient (Wildman–Crippen LogP) is 4.98. The van der Waals surface area contributed by atoms with Crippen LogP contribution < -0.4 is 27.7 Å². The number of imidazole rings is 2. The first-order valence-electron chi connectivity index (χ1n) is 20.9. The number of aromatic amines is 2. The lowest BCUT2D eigenvalue weighted by molar-refractivity contribution is -0.402. The first-order chi connectivity index (χ1) is 33.6. The van der Waals surface area contributed by atoms with Crippen LogP contribution in [-0.4, -0.2) is 88.5 Å². The smallest absolute Gasteiger partial charge is 0.433 e. The Labute approximate surface area is 396 Å². The number of H-pyrrole nitrogens is 2. The van der Waals surface area contributed by atoms with E-state index in [1.54, 1.807) is 47.2 Å². The molecule has 70 heavy (non-hydrogen) atoms. The fourth-order valence-electron chi connectivity index (χ4n) is 6.09. The minimum Gasteiger partial charge on any atom is -0.465 e. The number of rotatable bonds is 24. The Bertz CT molecular complexity index is 3150. The van der Waals surface area contributed by atoms with Crippen molar-refractivity contribution in [2.75, 3.05) is 44.0 Å². The number of hydrogen-bond acceptors (Lipinski definition) is 20. The van der Waals surface area contributed by atoms with E-state index in [0.717, 1.165) is 11.6 Å². The molecule has 0 saturated carbocycles. The van der Waals surface area contributed by atoms with Crippen molar-refractivity contribution in [3.63, 3.8) is 0 Å². The van der Waals surface area contributed by atoms with Crippen LogP contribution in [0.3, 0.4) is 0 Å². The van der Waals surface area contributed by atoms with Gasteiger partial charge in [-0.25, -0.2) is 19.9 Å². The molecular formula is C41H47N13O14P2. The monoisotopic (exact) mass is 1010 g/mol. The lowest BCUT2D eigenvalue weighted by Gasteiger charge is -2.23. The molecule has 27 nitrogen and oxygen atoms in total. The normalized spacial score (nSPS) is 13.4. The van der Waals surface area contributed by atoms with Gasteiger partial charge in [-0.05, 0) is 31.0 Å². The first kappa shape index (κ1) is 52.0. The molecule has 29 heteroatoms. The molecule has 3 unspecified atom stereocenters. The van der Waals surface area contributed by atoms with Crippen LogP contribution in [0.15, 0.2) is 93.4 Å². The van der Waals surface area contributed by atoms with Gasteiger partial charge in [-0.15, -0.1) is 0 Å². The molecule has 2 aromatic carbocycles. The molecule has 0 spiro atoms. The number of ether oxygens (including phenoxy) is 3. The van der Waals surface area contributed by atoms with E-state index in [1.807, 2.05) is 30.3 Å². The molecule has 0 fully saturated rings. The number of anilines is 2. The molecule has 7 aromatic rings. The third-order valence-electron chi connectivity index (χ3n) is 9.49. The fourth-order valence-corrected chi connectivity index (χ4v) is 8.98. The fraction of sp³-hybridized carbons (Fsp3) is 0.317. The zero-order chi connectivity index (χ0) is 50.3. The third-order valence-corrected chi connectivity index (χ3v) is 12.9. The average Bonchev–Trinajstić information content (AvgIpc) is 4.10. The van der Waals surface area contributed by atoms with Crippen LogP contribution in [0.4, 0.5) is 23.5 Å². The minimum absolute atomic E-state index is 0.0221. The van der Waals surface area contributed by atoms with Crippen LogP contribution in [0.5, 0.6) is 0 Å². The number of nitrogen functional groups attached to an aromatic ring is 2. The van der Waals surface area contributed by atoms with Crippen molar-refractivity contribution < 1.29 is 51.0 Å². The number of furan rings is 1. The van der Waals surface area contributed by atoms with E-state index in [0.29, 0.717) is 16.9 Å². The largest absolute Gasteiger partial charge is 0.465 e. The number of nitrogens with two attached hydrogens (primary N) is 2. The van der Waals surface area contributed by atoms with Gasteiger partial charge in [0.25, 0.3) is 18.6 Å². The van der Waals surface area contributed by atoms with Crippen molar-refractivity contribution in [3.8, 4) is 0 Å². The molecule has 0 radical (unpaired) electrons. The summed E-state index contributed by atoms with van der Waals surface area (Å²) in [6.07, 6.45) is 2.12. The Hall–Kier alpha value is -7.40. The maximum atomic E-state index is 13.4. The van der Waals surface area contributed by atoms with Crippen molar-refractivity contribution in [1.29, 1.82) is 0 Å². The van der Waals surface area contributed by atoms with Crippen LogP contribution in [0.1, 0.15) is 30.7 Å². The van der Waals surface area contributed by atoms with Gasteiger partial charge in [0.05, 0.1) is 58.3 Å². The molecule has 3 atom stereocenters. The van der Waals surface area contributed by atoms with E-state index < -0.39 is 55.4 Å². The van der Waals surface area contributed by atoms with Crippen LogP contribution >= 0.6 is 15.1 Å². The number of nitro groups is 1. The van der Waals surface area contributed by atoms with E-state index in [2.05, 4.69) is 39.8 Å². The van der Waals surface area contributed by atoms with Crippen LogP contribution in [0, 0.1) is 16.7 Å². The molecular weight excluding hydrogens is 960 g/mol. The number of esters is 1. The highest BCUT2D eigenvalue weighted by Crippen LogP contribution is 2.50. The summed E-state index contributed by atoms with van der Waals surface area (Å²) in [5, 5.41) is 13.6. The van der Waals surface area contributed by atoms with Gasteiger partial charge >= 0.3 is 19.4 Å². The van der Waals surface area contributed by atoms with Crippen molar-refractivity contribution in [1.82, 2.24) is 44.1 Å². The van der Waals surface area contributed by atoms with Gasteiger partial charge in [-0.1, -0.05) is 54.6 Å². The lowest BCUT2D eigenvalue weighted by atomic mass is 10.2. The number of carbonyl (C=O) groups is 1. The molecule has 0 aliphatic heterocycles. The quantitative estimate of drug-likeness (QED) is 0.0133. The van der Waals surface area contributed by atoms with Crippen molar-refractivity contribution in [2.24, 2.45) is 0 Å². The zero-order valence-electron chi connectivity index (χ0n) is 37.5. The highest BCUT2D eigenvalue weighted by Gasteiger charge is 2.30. The number of carbonyl (C=O) groups excluding carboxylic acids is 1. The Morgan fingerprint density at radius 3 is 1.96 bits per heavy atom. The lowest BCUT2D eigenvalue weighted by Crippen LogP contribution is -2.34. The van der Waals surface area contributed by atoms with Crippen LogP contribution in [0.25, 0.3) is 27.2 Å². The molecule has 7 N–H and O–H groups in total. The summed E-state index contributed by atoms with van der Waals surface area (Å²) in [7, 11) is -7.46. The molecule has 0 bridgehead atoms. The number of benzene rings is 2. The van der Waals surface area contributed by atoms with Crippen LogP contribution in [-0.2, 0) is 74.6 Å². The van der Waals surface area contributed by atoms with Gasteiger partial charge in [-0.3, -0.25) is 48.1 Å². The summed E-state index contributed by atoms with van der Waals surface area (Å²) in [4.78, 5) is 70.2. The van der Waals surface area contributed by atoms with Crippen molar-refractivity contribution >= 4 is 66.9 Å². The zero-order valence-corrected chi connectivity index (χ0v) is 39.3. The molecule has 0 saturated heterocycles. The van der Waals surface area contributed by atoms with Gasteiger partial charge in [0.15, 0.2) is 28.0 Å². The number of hydrogen-bond donors (Lipinski definition) is 5. The van der Waals surface area contributed by atoms with Gasteiger partial charge in [0.2, 0.25) is 11.9 Å². The Morgan fingerprint density at radius 2 is 1.40 bits per heavy atom. The SMILES string of the molecule is CCOC(=O)C(C)NP(=O)(COCCn1cnc2c(=O)[nH]c(N)nc21)OCc1ccccc1.[C-]#[N+]c1ccc(COP(=O)(COCCn2cnc3c(=O)[nH]c(N)nc32)OCc2ccc([N+](=O)[O-])o2)cc1. The predicted molar refractivity (Wildman–Crippen MR) is 250 cm³/mol. The molecule has 5 aromatic heterocycles. The second kappa shape index (κ2) is 24.2. The van der Waals surface area contributed by atoms with E-state index in [-0.39, 0.29) is 93.4 Å². The summed E-state index contributed by atoms with van der Waals surface area (Å²) in [6, 6.07) is 17.3. The summed E-state index contributed by atoms with van der Waals surface area (Å²) >= 11 is 0. The van der Waals surface area contributed by atoms with Crippen molar-refractivity contribution in [3.05, 3.63) is 139 Å². The van der Waals surface area contributed by atoms with E-state index in [4.69, 9.17) is 50.2 Å².